The molecule has 0 bridgehead atoms. The van der Waals surface area contributed by atoms with Gasteiger partial charge in [-0.2, -0.15) is 9.78 Å². The van der Waals surface area contributed by atoms with Gasteiger partial charge in [0.1, 0.15) is 11.2 Å². The van der Waals surface area contributed by atoms with E-state index in [4.69, 9.17) is 19.2 Å². The Balaban J connectivity index is 3.50. The lowest BCUT2D eigenvalue weighted by molar-refractivity contribution is -0.318. The molecular weight excluding hydrogens is 344 g/mol. The fourth-order valence-corrected chi connectivity index (χ4v) is 1.87. The first-order valence-electron chi connectivity index (χ1n) is 9.10. The topological polar surface area (TPSA) is 89.5 Å². The summed E-state index contributed by atoms with van der Waals surface area (Å²) in [5.74, 6) is 0. The van der Waals surface area contributed by atoms with E-state index < -0.39 is 23.5 Å². The van der Waals surface area contributed by atoms with Crippen LogP contribution in [0.3, 0.4) is 0 Å². The number of carbonyl (C=O) groups is 2. The number of unbranched alkanes of at least 4 members (excludes halogenated alkanes) is 3. The molecule has 0 saturated carbocycles. The van der Waals surface area contributed by atoms with Gasteiger partial charge < -0.3 is 9.47 Å². The number of ether oxygens (including phenoxy) is 2. The first-order chi connectivity index (χ1) is 12.1. The molecule has 8 nitrogen and oxygen atoms in total. The quantitative estimate of drug-likeness (QED) is 0.201. The van der Waals surface area contributed by atoms with Gasteiger partial charge in [0.25, 0.3) is 0 Å². The van der Waals surface area contributed by atoms with Crippen LogP contribution in [-0.4, -0.2) is 36.7 Å². The zero-order valence-corrected chi connectivity index (χ0v) is 16.9. The van der Waals surface area contributed by atoms with E-state index in [9.17, 15) is 9.59 Å². The van der Waals surface area contributed by atoms with Crippen LogP contribution in [0.5, 0.6) is 0 Å². The first-order valence-corrected chi connectivity index (χ1v) is 9.10. The van der Waals surface area contributed by atoms with Crippen molar-refractivity contribution < 1.29 is 38.6 Å². The van der Waals surface area contributed by atoms with Gasteiger partial charge in [-0.15, -0.1) is 0 Å². The Labute approximate surface area is 156 Å². The van der Waals surface area contributed by atoms with Gasteiger partial charge in [-0.1, -0.05) is 13.3 Å². The second kappa shape index (κ2) is 12.8. The van der Waals surface area contributed by atoms with E-state index in [1.807, 2.05) is 20.8 Å². The van der Waals surface area contributed by atoms with E-state index in [0.717, 1.165) is 25.7 Å². The maximum atomic E-state index is 11.4. The minimum atomic E-state index is -0.850. The molecule has 0 N–H and O–H groups in total. The second-order valence-electron chi connectivity index (χ2n) is 7.57. The van der Waals surface area contributed by atoms with E-state index in [2.05, 4.69) is 9.78 Å². The lowest BCUT2D eigenvalue weighted by Crippen LogP contribution is -2.26. The van der Waals surface area contributed by atoms with E-state index in [1.165, 1.54) is 0 Å². The molecule has 0 unspecified atom stereocenters. The Bertz CT molecular complexity index is 400. The van der Waals surface area contributed by atoms with Crippen LogP contribution >= 0.6 is 0 Å². The third-order valence-corrected chi connectivity index (χ3v) is 3.03. The van der Waals surface area contributed by atoms with Gasteiger partial charge >= 0.3 is 12.3 Å². The highest BCUT2D eigenvalue weighted by Gasteiger charge is 2.21. The first kappa shape index (κ1) is 24.5. The van der Waals surface area contributed by atoms with Gasteiger partial charge in [-0.3, -0.25) is 9.78 Å². The molecule has 8 heteroatoms. The number of rotatable bonds is 12. The molecule has 0 aromatic carbocycles. The zero-order chi connectivity index (χ0) is 20.1. The van der Waals surface area contributed by atoms with E-state index >= 15 is 0 Å². The molecule has 0 heterocycles. The molecule has 0 aromatic rings. The molecule has 0 radical (unpaired) electrons. The predicted octanol–water partition coefficient (Wildman–Crippen LogP) is 5.09. The Morgan fingerprint density at radius 2 is 1.19 bits per heavy atom. The van der Waals surface area contributed by atoms with Crippen LogP contribution in [0.25, 0.3) is 0 Å². The zero-order valence-electron chi connectivity index (χ0n) is 16.9. The summed E-state index contributed by atoms with van der Waals surface area (Å²) in [5, 5.41) is 0. The van der Waals surface area contributed by atoms with Crippen LogP contribution in [0.15, 0.2) is 0 Å². The summed E-state index contributed by atoms with van der Waals surface area (Å²) in [6.45, 7) is 11.5. The highest BCUT2D eigenvalue weighted by atomic mass is 17.2. The minimum Gasteiger partial charge on any atom is -0.432 e. The molecule has 0 fully saturated rings. The summed E-state index contributed by atoms with van der Waals surface area (Å²) in [7, 11) is 0. The fraction of sp³-hybridized carbons (Fsp3) is 0.889. The molecule has 0 amide bonds. The molecule has 0 aliphatic rings. The molecule has 0 rings (SSSR count). The molecule has 0 aliphatic carbocycles. The minimum absolute atomic E-state index is 0.246. The third kappa shape index (κ3) is 16.0. The molecule has 26 heavy (non-hydrogen) atoms. The van der Waals surface area contributed by atoms with Crippen molar-refractivity contribution in [1.82, 2.24) is 0 Å². The highest BCUT2D eigenvalue weighted by molar-refractivity contribution is 5.59. The molecule has 0 aromatic heterocycles. The van der Waals surface area contributed by atoms with Crippen molar-refractivity contribution in [3.8, 4) is 0 Å². The van der Waals surface area contributed by atoms with Gasteiger partial charge in [-0.05, 0) is 66.7 Å². The Morgan fingerprint density at radius 1 is 0.731 bits per heavy atom. The predicted molar refractivity (Wildman–Crippen MR) is 94.2 cm³/mol. The normalized spacial score (nSPS) is 11.8. The van der Waals surface area contributed by atoms with Crippen molar-refractivity contribution in [2.24, 2.45) is 0 Å². The van der Waals surface area contributed by atoms with Crippen molar-refractivity contribution in [3.05, 3.63) is 0 Å². The summed E-state index contributed by atoms with van der Waals surface area (Å²) in [6.07, 6.45) is 3.04. The molecule has 154 valence electrons. The molecule has 0 aliphatic heterocycles. The summed E-state index contributed by atoms with van der Waals surface area (Å²) in [4.78, 5) is 41.6. The molecule has 0 saturated heterocycles. The van der Waals surface area contributed by atoms with Crippen molar-refractivity contribution in [2.45, 2.75) is 91.3 Å². The number of hydrogen-bond acceptors (Lipinski definition) is 8. The Hall–Kier alpha value is -1.54. The van der Waals surface area contributed by atoms with Crippen LogP contribution in [-0.2, 0) is 29.0 Å². The molecule has 0 atom stereocenters. The van der Waals surface area contributed by atoms with E-state index in [0.29, 0.717) is 12.8 Å². The summed E-state index contributed by atoms with van der Waals surface area (Å²) in [6, 6.07) is 0. The monoisotopic (exact) mass is 378 g/mol. The third-order valence-electron chi connectivity index (χ3n) is 3.03. The summed E-state index contributed by atoms with van der Waals surface area (Å²) < 4.78 is 9.77. The van der Waals surface area contributed by atoms with Crippen molar-refractivity contribution in [1.29, 1.82) is 0 Å². The largest absolute Gasteiger partial charge is 0.540 e. The van der Waals surface area contributed by atoms with E-state index in [1.54, 1.807) is 20.8 Å². The standard InChI is InChI=1S/C18H34O8/c1-7-12-18(5,6)26-24-16(20)22-14-11-9-8-10-13-21-15(19)23-25-17(2,3)4/h7-14H2,1-6H3. The van der Waals surface area contributed by atoms with Crippen molar-refractivity contribution in [3.63, 3.8) is 0 Å². The van der Waals surface area contributed by atoms with Crippen molar-refractivity contribution >= 4 is 12.3 Å². The van der Waals surface area contributed by atoms with Crippen LogP contribution in [0.2, 0.25) is 0 Å². The van der Waals surface area contributed by atoms with Gasteiger partial charge in [0.15, 0.2) is 0 Å². The van der Waals surface area contributed by atoms with Crippen LogP contribution in [0.1, 0.15) is 80.1 Å². The van der Waals surface area contributed by atoms with Gasteiger partial charge in [0, 0.05) is 0 Å². The van der Waals surface area contributed by atoms with Crippen LogP contribution < -0.4 is 0 Å². The van der Waals surface area contributed by atoms with Crippen molar-refractivity contribution in [2.75, 3.05) is 13.2 Å². The lowest BCUT2D eigenvalue weighted by Gasteiger charge is -2.21. The van der Waals surface area contributed by atoms with Crippen LogP contribution in [0, 0.1) is 0 Å². The van der Waals surface area contributed by atoms with Gasteiger partial charge in [0.05, 0.1) is 13.2 Å². The molecular formula is C18H34O8. The lowest BCUT2D eigenvalue weighted by atomic mass is 10.0. The van der Waals surface area contributed by atoms with Gasteiger partial charge in [-0.25, -0.2) is 9.59 Å². The SMILES string of the molecule is CCCC(C)(C)OOC(=O)OCCCCCCOC(=O)OOC(C)(C)C. The van der Waals surface area contributed by atoms with E-state index in [-0.39, 0.29) is 13.2 Å². The maximum absolute atomic E-state index is 11.4. The maximum Gasteiger partial charge on any atom is 0.540 e. The fourth-order valence-electron chi connectivity index (χ4n) is 1.87. The van der Waals surface area contributed by atoms with Gasteiger partial charge in [0.2, 0.25) is 0 Å². The smallest absolute Gasteiger partial charge is 0.432 e. The summed E-state index contributed by atoms with van der Waals surface area (Å²) >= 11 is 0. The average Bonchev–Trinajstić information content (AvgIpc) is 2.53. The van der Waals surface area contributed by atoms with Crippen LogP contribution in [0.4, 0.5) is 9.59 Å². The second-order valence-corrected chi connectivity index (χ2v) is 7.57. The number of hydrogen-bond donors (Lipinski definition) is 0. The highest BCUT2D eigenvalue weighted by Crippen LogP contribution is 2.17. The molecule has 0 spiro atoms. The Kier molecular flexibility index (Phi) is 12.0. The number of carbonyl (C=O) groups excluding carboxylic acids is 2. The Morgan fingerprint density at radius 3 is 1.62 bits per heavy atom. The average molecular weight is 378 g/mol. The summed E-state index contributed by atoms with van der Waals surface area (Å²) in [5.41, 5.74) is -1.09.